The molecule has 0 fully saturated rings. The Balaban J connectivity index is 1.80. The zero-order chi connectivity index (χ0) is 22.4. The van der Waals surface area contributed by atoms with Crippen LogP contribution in [0, 0.1) is 0 Å². The summed E-state index contributed by atoms with van der Waals surface area (Å²) in [5, 5.41) is 0. The van der Waals surface area contributed by atoms with Crippen molar-refractivity contribution in [3.63, 3.8) is 0 Å². The summed E-state index contributed by atoms with van der Waals surface area (Å²) < 4.78 is 22.8. The predicted octanol–water partition coefficient (Wildman–Crippen LogP) is 1.62. The minimum absolute atomic E-state index is 0.0926. The molecule has 5 rings (SSSR count). The second-order valence-electron chi connectivity index (χ2n) is 6.83. The highest BCUT2D eigenvalue weighted by Gasteiger charge is 2.23. The molecule has 0 spiro atoms. The fourth-order valence-electron chi connectivity index (χ4n) is 3.54. The summed E-state index contributed by atoms with van der Waals surface area (Å²) in [5.74, 6) is 1.36. The van der Waals surface area contributed by atoms with Crippen molar-refractivity contribution in [1.29, 1.82) is 0 Å². The van der Waals surface area contributed by atoms with Crippen LogP contribution < -0.4 is 30.4 Å². The molecular weight excluding hydrogens is 418 g/mol. The van der Waals surface area contributed by atoms with Crippen LogP contribution in [0.15, 0.2) is 41.2 Å². The average Bonchev–Trinajstić information content (AvgIpc) is 3.40. The Bertz CT molecular complexity index is 1440. The lowest BCUT2D eigenvalue weighted by Gasteiger charge is -2.11. The Morgan fingerprint density at radius 1 is 1.09 bits per heavy atom. The second kappa shape index (κ2) is 7.30. The number of primary amides is 1. The number of ether oxygens (including phenoxy) is 4. The van der Waals surface area contributed by atoms with E-state index in [4.69, 9.17) is 24.7 Å². The molecule has 3 N–H and O–H groups in total. The quantitative estimate of drug-likeness (QED) is 0.481. The highest BCUT2D eigenvalue weighted by atomic mass is 16.7. The van der Waals surface area contributed by atoms with Crippen LogP contribution in [0.25, 0.3) is 28.2 Å². The molecule has 0 saturated carbocycles. The van der Waals surface area contributed by atoms with Crippen LogP contribution >= 0.6 is 0 Å². The third kappa shape index (κ3) is 2.98. The van der Waals surface area contributed by atoms with E-state index in [1.165, 1.54) is 18.8 Å². The molecule has 1 amide bonds. The first-order chi connectivity index (χ1) is 15.5. The molecule has 0 unspecified atom stereocenters. The highest BCUT2D eigenvalue weighted by molar-refractivity contribution is 6.02. The molecule has 0 bridgehead atoms. The number of hydrogen-bond donors (Lipinski definition) is 2. The number of nitrogens with two attached hydrogens (primary N) is 1. The molecule has 2 aromatic carbocycles. The smallest absolute Gasteiger partial charge is 0.332 e. The minimum atomic E-state index is -0.820. The molecule has 2 aromatic heterocycles. The first-order valence-corrected chi connectivity index (χ1v) is 9.45. The van der Waals surface area contributed by atoms with E-state index >= 15 is 0 Å². The number of carbonyl (C=O) groups excluding carboxylic acids is 1. The number of nitrogens with zero attached hydrogens (tertiary/aromatic N) is 3. The van der Waals surface area contributed by atoms with Gasteiger partial charge in [-0.2, -0.15) is 0 Å². The summed E-state index contributed by atoms with van der Waals surface area (Å²) in [7, 11) is 3.02. The van der Waals surface area contributed by atoms with Crippen molar-refractivity contribution in [2.75, 3.05) is 21.0 Å². The number of methoxy groups -OCH3 is 2. The van der Waals surface area contributed by atoms with Crippen LogP contribution in [0.3, 0.4) is 0 Å². The topological polar surface area (TPSA) is 144 Å². The number of imidazole rings is 1. The highest BCUT2D eigenvalue weighted by Crippen LogP contribution is 2.35. The Morgan fingerprint density at radius 3 is 2.66 bits per heavy atom. The zero-order valence-corrected chi connectivity index (χ0v) is 17.0. The van der Waals surface area contributed by atoms with Crippen LogP contribution in [-0.4, -0.2) is 46.4 Å². The molecule has 0 atom stereocenters. The molecule has 1 aliphatic heterocycles. The number of benzene rings is 2. The Labute approximate surface area is 180 Å². The molecule has 1 aliphatic rings. The van der Waals surface area contributed by atoms with Crippen molar-refractivity contribution in [3.05, 3.63) is 52.6 Å². The van der Waals surface area contributed by atoms with Gasteiger partial charge in [-0.15, -0.1) is 0 Å². The fourth-order valence-corrected chi connectivity index (χ4v) is 3.54. The maximum absolute atomic E-state index is 12.9. The number of nitrogens with one attached hydrogen (secondary N) is 1. The van der Waals surface area contributed by atoms with E-state index in [1.54, 1.807) is 36.4 Å². The monoisotopic (exact) mass is 435 g/mol. The number of carbonyl (C=O) groups is 1. The number of rotatable bonds is 5. The van der Waals surface area contributed by atoms with Gasteiger partial charge < -0.3 is 29.7 Å². The minimum Gasteiger partial charge on any atom is -0.497 e. The summed E-state index contributed by atoms with van der Waals surface area (Å²) in [6.45, 7) is 0.0926. The standard InChI is InChI=1S/C21H17N5O6/c1-29-11-4-6-13(30-2)12(8-11)19-23-16(18(22)27)17-20(25-19)26(21(28)24-17)10-3-5-14-15(7-10)32-9-31-14/h3-8H,9H2,1-2H3,(H2,22,27)(H,24,28). The van der Waals surface area contributed by atoms with Crippen molar-refractivity contribution in [1.82, 2.24) is 19.5 Å². The predicted molar refractivity (Wildman–Crippen MR) is 113 cm³/mol. The van der Waals surface area contributed by atoms with Crippen molar-refractivity contribution in [2.24, 2.45) is 5.73 Å². The molecule has 32 heavy (non-hydrogen) atoms. The normalized spacial score (nSPS) is 12.2. The Morgan fingerprint density at radius 2 is 1.91 bits per heavy atom. The summed E-state index contributed by atoms with van der Waals surface area (Å²) in [6, 6.07) is 10.1. The summed E-state index contributed by atoms with van der Waals surface area (Å²) in [6.07, 6.45) is 0. The van der Waals surface area contributed by atoms with Gasteiger partial charge in [-0.25, -0.2) is 19.3 Å². The lowest BCUT2D eigenvalue weighted by Crippen LogP contribution is -2.15. The molecule has 11 nitrogen and oxygen atoms in total. The van der Waals surface area contributed by atoms with Gasteiger partial charge in [0.25, 0.3) is 5.91 Å². The third-order valence-electron chi connectivity index (χ3n) is 5.03. The maximum Gasteiger partial charge on any atom is 0.332 e. The molecule has 0 radical (unpaired) electrons. The van der Waals surface area contributed by atoms with Crippen LogP contribution in [0.1, 0.15) is 10.5 Å². The van der Waals surface area contributed by atoms with E-state index in [9.17, 15) is 9.59 Å². The van der Waals surface area contributed by atoms with E-state index in [-0.39, 0.29) is 29.5 Å². The SMILES string of the molecule is COc1ccc(OC)c(-c2nc(C(N)=O)c3[nH]c(=O)n(-c4ccc5c(c4)OCO5)c3n2)c1. The van der Waals surface area contributed by atoms with Crippen molar-refractivity contribution >= 4 is 17.1 Å². The van der Waals surface area contributed by atoms with E-state index in [0.29, 0.717) is 34.2 Å². The molecule has 11 heteroatoms. The number of aromatic nitrogens is 4. The number of amides is 1. The summed E-state index contributed by atoms with van der Waals surface area (Å²) >= 11 is 0. The molecule has 3 heterocycles. The first-order valence-electron chi connectivity index (χ1n) is 9.45. The lowest BCUT2D eigenvalue weighted by molar-refractivity contribution is 0.0997. The average molecular weight is 435 g/mol. The molecule has 4 aromatic rings. The second-order valence-corrected chi connectivity index (χ2v) is 6.83. The van der Waals surface area contributed by atoms with E-state index < -0.39 is 11.6 Å². The van der Waals surface area contributed by atoms with Gasteiger partial charge in [-0.1, -0.05) is 0 Å². The molecule has 162 valence electrons. The van der Waals surface area contributed by atoms with E-state index in [0.717, 1.165) is 0 Å². The van der Waals surface area contributed by atoms with Crippen LogP contribution in [0.4, 0.5) is 0 Å². The summed E-state index contributed by atoms with van der Waals surface area (Å²) in [4.78, 5) is 36.6. The van der Waals surface area contributed by atoms with Gasteiger partial charge in [0.15, 0.2) is 28.7 Å². The van der Waals surface area contributed by atoms with E-state index in [2.05, 4.69) is 15.0 Å². The summed E-state index contributed by atoms with van der Waals surface area (Å²) in [5.41, 5.74) is 6.12. The first kappa shape index (κ1) is 19.4. The fraction of sp³-hybridized carbons (Fsp3) is 0.143. The number of fused-ring (bicyclic) bond motifs is 2. The Kier molecular flexibility index (Phi) is 4.43. The van der Waals surface area contributed by atoms with Gasteiger partial charge in [0.1, 0.15) is 17.0 Å². The van der Waals surface area contributed by atoms with Crippen molar-refractivity contribution in [3.8, 4) is 40.1 Å². The number of aromatic amines is 1. The van der Waals surface area contributed by atoms with Gasteiger partial charge in [0.2, 0.25) is 6.79 Å². The molecule has 0 aliphatic carbocycles. The van der Waals surface area contributed by atoms with Gasteiger partial charge >= 0.3 is 5.69 Å². The van der Waals surface area contributed by atoms with Gasteiger partial charge in [-0.3, -0.25) is 4.79 Å². The van der Waals surface area contributed by atoms with Crippen molar-refractivity contribution in [2.45, 2.75) is 0 Å². The zero-order valence-electron chi connectivity index (χ0n) is 17.0. The van der Waals surface area contributed by atoms with Gasteiger partial charge in [0.05, 0.1) is 25.5 Å². The number of hydrogen-bond acceptors (Lipinski definition) is 8. The maximum atomic E-state index is 12.9. The van der Waals surface area contributed by atoms with Gasteiger partial charge in [0, 0.05) is 6.07 Å². The van der Waals surface area contributed by atoms with E-state index in [1.807, 2.05) is 0 Å². The largest absolute Gasteiger partial charge is 0.497 e. The third-order valence-corrected chi connectivity index (χ3v) is 5.03. The molecular formula is C21H17N5O6. The van der Waals surface area contributed by atoms with Crippen LogP contribution in [0.2, 0.25) is 0 Å². The van der Waals surface area contributed by atoms with Crippen LogP contribution in [-0.2, 0) is 0 Å². The number of H-pyrrole nitrogens is 1. The molecule has 0 saturated heterocycles. The lowest BCUT2D eigenvalue weighted by atomic mass is 10.1. The van der Waals surface area contributed by atoms with Gasteiger partial charge in [-0.05, 0) is 30.3 Å². The van der Waals surface area contributed by atoms with Crippen LogP contribution in [0.5, 0.6) is 23.0 Å². The Hall–Kier alpha value is -4.54. The van der Waals surface area contributed by atoms with Crippen molar-refractivity contribution < 1.29 is 23.7 Å².